The Morgan fingerprint density at radius 3 is 2.44 bits per heavy atom. The summed E-state index contributed by atoms with van der Waals surface area (Å²) in [6.07, 6.45) is 0.0280. The number of carbonyl (C=O) groups is 1. The zero-order valence-electron chi connectivity index (χ0n) is 15.5. The van der Waals surface area contributed by atoms with Crippen LogP contribution in [-0.4, -0.2) is 38.1 Å². The number of ether oxygens (including phenoxy) is 1. The maximum Gasteiger partial charge on any atom is 0.241 e. The van der Waals surface area contributed by atoms with Crippen molar-refractivity contribution in [1.82, 2.24) is 4.90 Å². The van der Waals surface area contributed by atoms with E-state index >= 15 is 0 Å². The molecule has 0 radical (unpaired) electrons. The molecule has 2 aromatic rings. The molecule has 8 heteroatoms. The number of sulfonamides is 1. The van der Waals surface area contributed by atoms with E-state index in [1.165, 1.54) is 4.90 Å². The summed E-state index contributed by atoms with van der Waals surface area (Å²) >= 11 is 5.93. The number of hydrogen-bond acceptors (Lipinski definition) is 4. The molecule has 1 amide bonds. The van der Waals surface area contributed by atoms with Gasteiger partial charge in [-0.15, -0.1) is 0 Å². The highest BCUT2D eigenvalue weighted by Gasteiger charge is 2.20. The Labute approximate surface area is 165 Å². The summed E-state index contributed by atoms with van der Waals surface area (Å²) in [4.78, 5) is 13.6. The Balaban J connectivity index is 1.95. The van der Waals surface area contributed by atoms with Crippen LogP contribution < -0.4 is 9.46 Å². The molecule has 0 atom stereocenters. The van der Waals surface area contributed by atoms with Gasteiger partial charge in [-0.25, -0.2) is 8.42 Å². The van der Waals surface area contributed by atoms with E-state index in [0.717, 1.165) is 5.56 Å². The molecule has 1 N–H and O–H groups in total. The van der Waals surface area contributed by atoms with E-state index in [2.05, 4.69) is 4.72 Å². The van der Waals surface area contributed by atoms with Crippen molar-refractivity contribution in [3.8, 4) is 5.75 Å². The van der Waals surface area contributed by atoms with Gasteiger partial charge in [-0.1, -0.05) is 23.7 Å². The molecule has 0 aliphatic rings. The van der Waals surface area contributed by atoms with E-state index in [0.29, 0.717) is 16.5 Å². The summed E-state index contributed by atoms with van der Waals surface area (Å²) in [5.74, 6) is -0.513. The van der Waals surface area contributed by atoms with Crippen LogP contribution in [0.1, 0.15) is 19.4 Å². The van der Waals surface area contributed by atoms with E-state index < -0.39 is 21.7 Å². The highest BCUT2D eigenvalue weighted by atomic mass is 35.5. The van der Waals surface area contributed by atoms with E-state index in [4.69, 9.17) is 16.3 Å². The Kier molecular flexibility index (Phi) is 7.10. The van der Waals surface area contributed by atoms with Crippen LogP contribution in [-0.2, 0) is 21.4 Å². The Bertz CT molecular complexity index is 883. The molecule has 0 aromatic heterocycles. The summed E-state index contributed by atoms with van der Waals surface area (Å²) in [5, 5.41) is 0.563. The molecule has 0 heterocycles. The van der Waals surface area contributed by atoms with Gasteiger partial charge in [-0.3, -0.25) is 9.52 Å². The highest BCUT2D eigenvalue weighted by Crippen LogP contribution is 2.18. The molecule has 0 unspecified atom stereocenters. The van der Waals surface area contributed by atoms with Crippen molar-refractivity contribution < 1.29 is 17.9 Å². The van der Waals surface area contributed by atoms with Crippen LogP contribution in [0.4, 0.5) is 5.69 Å². The van der Waals surface area contributed by atoms with Crippen LogP contribution in [0, 0.1) is 0 Å². The number of nitrogens with zero attached hydrogens (tertiary/aromatic N) is 1. The molecule has 0 bridgehead atoms. The third-order valence-electron chi connectivity index (χ3n) is 3.55. The maximum absolute atomic E-state index is 12.3. The fourth-order valence-electron chi connectivity index (χ4n) is 2.36. The number of benzene rings is 2. The van der Waals surface area contributed by atoms with E-state index in [9.17, 15) is 13.2 Å². The summed E-state index contributed by atoms with van der Waals surface area (Å²) in [5.41, 5.74) is 1.20. The lowest BCUT2D eigenvalue weighted by Crippen LogP contribution is -2.34. The molecule has 27 heavy (non-hydrogen) atoms. The van der Waals surface area contributed by atoms with Gasteiger partial charge in [-0.05, 0) is 55.8 Å². The van der Waals surface area contributed by atoms with E-state index in [-0.39, 0.29) is 12.6 Å². The van der Waals surface area contributed by atoms with Crippen molar-refractivity contribution in [3.63, 3.8) is 0 Å². The first kappa shape index (κ1) is 21.1. The zero-order chi connectivity index (χ0) is 20.0. The summed E-state index contributed by atoms with van der Waals surface area (Å²) in [6.45, 7) is 4.08. The molecule has 146 valence electrons. The second-order valence-corrected chi connectivity index (χ2v) is 8.59. The van der Waals surface area contributed by atoms with Gasteiger partial charge < -0.3 is 9.64 Å². The van der Waals surface area contributed by atoms with Gasteiger partial charge in [0.05, 0.1) is 6.10 Å². The fourth-order valence-corrected chi connectivity index (χ4v) is 3.69. The van der Waals surface area contributed by atoms with Gasteiger partial charge in [0, 0.05) is 24.3 Å². The molecular formula is C19H23ClN2O4S. The topological polar surface area (TPSA) is 75.7 Å². The average Bonchev–Trinajstić information content (AvgIpc) is 2.55. The number of halogens is 1. The largest absolute Gasteiger partial charge is 0.491 e. The first-order valence-electron chi connectivity index (χ1n) is 8.40. The SMILES string of the molecule is CC(C)Oc1ccc(NS(=O)(=O)CC(=O)N(C)Cc2cccc(Cl)c2)cc1. The predicted molar refractivity (Wildman–Crippen MR) is 108 cm³/mol. The minimum Gasteiger partial charge on any atom is -0.491 e. The normalized spacial score (nSPS) is 11.3. The molecule has 0 aliphatic heterocycles. The molecular weight excluding hydrogens is 388 g/mol. The van der Waals surface area contributed by atoms with Crippen molar-refractivity contribution in [3.05, 3.63) is 59.1 Å². The van der Waals surface area contributed by atoms with Crippen LogP contribution in [0.15, 0.2) is 48.5 Å². The van der Waals surface area contributed by atoms with Crippen LogP contribution in [0.5, 0.6) is 5.75 Å². The maximum atomic E-state index is 12.3. The lowest BCUT2D eigenvalue weighted by Gasteiger charge is -2.18. The van der Waals surface area contributed by atoms with Crippen LogP contribution >= 0.6 is 11.6 Å². The minimum atomic E-state index is -3.82. The third kappa shape index (κ3) is 7.11. The first-order chi connectivity index (χ1) is 12.6. The highest BCUT2D eigenvalue weighted by molar-refractivity contribution is 7.93. The minimum absolute atomic E-state index is 0.0280. The smallest absolute Gasteiger partial charge is 0.241 e. The number of amides is 1. The second kappa shape index (κ2) is 9.10. The molecule has 2 rings (SSSR count). The van der Waals surface area contributed by atoms with Gasteiger partial charge in [0.15, 0.2) is 0 Å². The van der Waals surface area contributed by atoms with Crippen molar-refractivity contribution in [2.75, 3.05) is 17.5 Å². The van der Waals surface area contributed by atoms with Gasteiger partial charge in [0.2, 0.25) is 15.9 Å². The summed E-state index contributed by atoms with van der Waals surface area (Å²) in [7, 11) is -2.27. The van der Waals surface area contributed by atoms with Crippen LogP contribution in [0.25, 0.3) is 0 Å². The van der Waals surface area contributed by atoms with Gasteiger partial charge >= 0.3 is 0 Å². The lowest BCUT2D eigenvalue weighted by molar-refractivity contribution is -0.127. The van der Waals surface area contributed by atoms with E-state index in [1.54, 1.807) is 49.5 Å². The third-order valence-corrected chi connectivity index (χ3v) is 4.96. The Morgan fingerprint density at radius 1 is 1.19 bits per heavy atom. The summed E-state index contributed by atoms with van der Waals surface area (Å²) < 4.78 is 32.5. The zero-order valence-corrected chi connectivity index (χ0v) is 17.0. The van der Waals surface area contributed by atoms with E-state index in [1.807, 2.05) is 19.9 Å². The molecule has 0 fully saturated rings. The number of carbonyl (C=O) groups excluding carboxylic acids is 1. The Hall–Kier alpha value is -2.25. The quantitative estimate of drug-likeness (QED) is 0.722. The molecule has 0 aliphatic carbocycles. The number of rotatable bonds is 8. The van der Waals surface area contributed by atoms with Crippen molar-refractivity contribution in [1.29, 1.82) is 0 Å². The lowest BCUT2D eigenvalue weighted by atomic mass is 10.2. The van der Waals surface area contributed by atoms with Gasteiger partial charge in [0.25, 0.3) is 0 Å². The molecule has 2 aromatic carbocycles. The Morgan fingerprint density at radius 2 is 1.85 bits per heavy atom. The van der Waals surface area contributed by atoms with Crippen LogP contribution in [0.2, 0.25) is 5.02 Å². The first-order valence-corrected chi connectivity index (χ1v) is 10.4. The number of nitrogens with one attached hydrogen (secondary N) is 1. The van der Waals surface area contributed by atoms with Crippen molar-refractivity contribution in [2.45, 2.75) is 26.5 Å². The molecule has 0 saturated carbocycles. The van der Waals surface area contributed by atoms with Crippen LogP contribution in [0.3, 0.4) is 0 Å². The number of hydrogen-bond donors (Lipinski definition) is 1. The van der Waals surface area contributed by atoms with Gasteiger partial charge in [-0.2, -0.15) is 0 Å². The molecule has 6 nitrogen and oxygen atoms in total. The average molecular weight is 411 g/mol. The second-order valence-electron chi connectivity index (χ2n) is 6.43. The predicted octanol–water partition coefficient (Wildman–Crippen LogP) is 3.53. The van der Waals surface area contributed by atoms with Crippen molar-refractivity contribution in [2.24, 2.45) is 0 Å². The standard InChI is InChI=1S/C19H23ClN2O4S/c1-14(2)26-18-9-7-17(8-10-18)21-27(24,25)13-19(23)22(3)12-15-5-4-6-16(20)11-15/h4-11,14,21H,12-13H2,1-3H3. The fraction of sp³-hybridized carbons (Fsp3) is 0.316. The number of anilines is 1. The van der Waals surface area contributed by atoms with Gasteiger partial charge in [0.1, 0.15) is 11.5 Å². The summed E-state index contributed by atoms with van der Waals surface area (Å²) in [6, 6.07) is 13.6. The molecule has 0 spiro atoms. The monoisotopic (exact) mass is 410 g/mol. The van der Waals surface area contributed by atoms with Crippen molar-refractivity contribution >= 4 is 33.2 Å². The molecule has 0 saturated heterocycles.